The third kappa shape index (κ3) is 5.14. The predicted molar refractivity (Wildman–Crippen MR) is 107 cm³/mol. The molecule has 0 atom stereocenters. The van der Waals surface area contributed by atoms with Crippen molar-refractivity contribution in [3.63, 3.8) is 0 Å². The Morgan fingerprint density at radius 3 is 2.71 bits per heavy atom. The summed E-state index contributed by atoms with van der Waals surface area (Å²) in [6, 6.07) is 7.80. The number of ether oxygens (including phenoxy) is 2. The van der Waals surface area contributed by atoms with Crippen LogP contribution < -0.4 is 0 Å². The Kier molecular flexibility index (Phi) is 7.12. The minimum Gasteiger partial charge on any atom is -0.382 e. The number of amides is 1. The van der Waals surface area contributed by atoms with Gasteiger partial charge in [0.15, 0.2) is 0 Å². The molecule has 0 N–H and O–H groups in total. The minimum atomic E-state index is 0.115. The van der Waals surface area contributed by atoms with Crippen LogP contribution in [-0.4, -0.2) is 54.2 Å². The maximum Gasteiger partial charge on any atom is 0.253 e. The van der Waals surface area contributed by atoms with Crippen LogP contribution in [0.3, 0.4) is 0 Å². The van der Waals surface area contributed by atoms with E-state index in [4.69, 9.17) is 14.5 Å². The fourth-order valence-electron chi connectivity index (χ4n) is 3.62. The van der Waals surface area contributed by atoms with Gasteiger partial charge in [-0.25, -0.2) is 9.97 Å². The lowest BCUT2D eigenvalue weighted by Gasteiger charge is -2.32. The molecule has 28 heavy (non-hydrogen) atoms. The average Bonchev–Trinajstić information content (AvgIpc) is 2.71. The number of carbonyl (C=O) groups excluding carboxylic acids is 1. The average molecular weight is 383 g/mol. The monoisotopic (exact) mass is 383 g/mol. The van der Waals surface area contributed by atoms with E-state index in [1.807, 2.05) is 49.2 Å². The highest BCUT2D eigenvalue weighted by Crippen LogP contribution is 2.30. The summed E-state index contributed by atoms with van der Waals surface area (Å²) in [4.78, 5) is 23.8. The van der Waals surface area contributed by atoms with Crippen molar-refractivity contribution in [2.75, 3.05) is 33.4 Å². The SMILES string of the molecule is COCCOCc1cnc(C)nc1C1CCN(C(=O)c2cccc(C)c2)CC1. The molecule has 3 rings (SSSR count). The molecule has 1 aliphatic heterocycles. The molecule has 0 radical (unpaired) electrons. The zero-order valence-corrected chi connectivity index (χ0v) is 17.0. The van der Waals surface area contributed by atoms with E-state index >= 15 is 0 Å². The zero-order valence-electron chi connectivity index (χ0n) is 17.0. The second-order valence-corrected chi connectivity index (χ2v) is 7.31. The van der Waals surface area contributed by atoms with Gasteiger partial charge in [0, 0.05) is 43.4 Å². The predicted octanol–water partition coefficient (Wildman–Crippen LogP) is 3.28. The number of carbonyl (C=O) groups is 1. The number of aryl methyl sites for hydroxylation is 2. The zero-order chi connectivity index (χ0) is 19.9. The van der Waals surface area contributed by atoms with Gasteiger partial charge in [0.05, 0.1) is 25.5 Å². The summed E-state index contributed by atoms with van der Waals surface area (Å²) in [6.07, 6.45) is 3.67. The summed E-state index contributed by atoms with van der Waals surface area (Å²) in [5.41, 5.74) is 3.97. The van der Waals surface area contributed by atoms with E-state index in [9.17, 15) is 4.79 Å². The Morgan fingerprint density at radius 1 is 1.21 bits per heavy atom. The molecule has 0 unspecified atom stereocenters. The molecule has 0 bridgehead atoms. The van der Waals surface area contributed by atoms with Gasteiger partial charge < -0.3 is 14.4 Å². The van der Waals surface area contributed by atoms with Crippen LogP contribution in [0.5, 0.6) is 0 Å². The normalized spacial score (nSPS) is 15.0. The maximum atomic E-state index is 12.8. The fraction of sp³-hybridized carbons (Fsp3) is 0.500. The van der Waals surface area contributed by atoms with E-state index in [2.05, 4.69) is 4.98 Å². The van der Waals surface area contributed by atoms with E-state index < -0.39 is 0 Å². The molecule has 2 aromatic rings. The van der Waals surface area contributed by atoms with Crippen molar-refractivity contribution < 1.29 is 14.3 Å². The first kappa shape index (κ1) is 20.4. The molecule has 1 aromatic carbocycles. The van der Waals surface area contributed by atoms with Gasteiger partial charge in [0.2, 0.25) is 0 Å². The molecular formula is C22H29N3O3. The molecule has 1 aliphatic rings. The molecule has 2 heterocycles. The van der Waals surface area contributed by atoms with Crippen molar-refractivity contribution in [3.05, 3.63) is 58.7 Å². The van der Waals surface area contributed by atoms with Crippen LogP contribution in [0.2, 0.25) is 0 Å². The summed E-state index contributed by atoms with van der Waals surface area (Å²) in [5.74, 6) is 1.21. The largest absolute Gasteiger partial charge is 0.382 e. The van der Waals surface area contributed by atoms with Crippen molar-refractivity contribution in [1.29, 1.82) is 0 Å². The van der Waals surface area contributed by atoms with Gasteiger partial charge >= 0.3 is 0 Å². The molecule has 6 nitrogen and oxygen atoms in total. The molecule has 1 aromatic heterocycles. The summed E-state index contributed by atoms with van der Waals surface area (Å²) in [7, 11) is 1.66. The van der Waals surface area contributed by atoms with Crippen LogP contribution in [0.25, 0.3) is 0 Å². The van der Waals surface area contributed by atoms with Gasteiger partial charge in [-0.3, -0.25) is 4.79 Å². The Bertz CT molecular complexity index is 801. The smallest absolute Gasteiger partial charge is 0.253 e. The molecule has 1 fully saturated rings. The highest BCUT2D eigenvalue weighted by Gasteiger charge is 2.27. The van der Waals surface area contributed by atoms with Crippen LogP contribution in [0.1, 0.15) is 51.8 Å². The van der Waals surface area contributed by atoms with Crippen LogP contribution in [0.4, 0.5) is 0 Å². The second-order valence-electron chi connectivity index (χ2n) is 7.31. The summed E-state index contributed by atoms with van der Waals surface area (Å²) in [6.45, 7) is 7.01. The lowest BCUT2D eigenvalue weighted by molar-refractivity contribution is 0.0604. The maximum absolute atomic E-state index is 12.8. The molecular weight excluding hydrogens is 354 g/mol. The van der Waals surface area contributed by atoms with E-state index in [-0.39, 0.29) is 5.91 Å². The summed E-state index contributed by atoms with van der Waals surface area (Å²) >= 11 is 0. The first-order valence-corrected chi connectivity index (χ1v) is 9.83. The standard InChI is InChI=1S/C22H29N3O3/c1-16-5-4-6-19(13-16)22(26)25-9-7-18(8-10-25)21-20(14-23-17(2)24-21)15-28-12-11-27-3/h4-6,13-14,18H,7-12,15H2,1-3H3. The topological polar surface area (TPSA) is 64.6 Å². The van der Waals surface area contributed by atoms with Crippen molar-refractivity contribution >= 4 is 5.91 Å². The van der Waals surface area contributed by atoms with Crippen LogP contribution in [0.15, 0.2) is 30.5 Å². The van der Waals surface area contributed by atoms with Crippen molar-refractivity contribution in [1.82, 2.24) is 14.9 Å². The second kappa shape index (κ2) is 9.75. The first-order valence-electron chi connectivity index (χ1n) is 9.83. The van der Waals surface area contributed by atoms with Gasteiger partial charge in [0.1, 0.15) is 5.82 Å². The van der Waals surface area contributed by atoms with Crippen molar-refractivity contribution in [2.24, 2.45) is 0 Å². The van der Waals surface area contributed by atoms with Crippen LogP contribution in [0, 0.1) is 13.8 Å². The Labute approximate surface area is 166 Å². The number of benzene rings is 1. The first-order chi connectivity index (χ1) is 13.6. The quantitative estimate of drug-likeness (QED) is 0.687. The molecule has 0 spiro atoms. The summed E-state index contributed by atoms with van der Waals surface area (Å²) in [5, 5.41) is 0. The highest BCUT2D eigenvalue weighted by molar-refractivity contribution is 5.94. The number of piperidine rings is 1. The van der Waals surface area contributed by atoms with Crippen LogP contribution >= 0.6 is 0 Å². The van der Waals surface area contributed by atoms with Gasteiger partial charge in [-0.15, -0.1) is 0 Å². The summed E-state index contributed by atoms with van der Waals surface area (Å²) < 4.78 is 10.7. The number of methoxy groups -OCH3 is 1. The van der Waals surface area contributed by atoms with E-state index in [0.29, 0.717) is 25.7 Å². The van der Waals surface area contributed by atoms with Gasteiger partial charge in [-0.05, 0) is 38.8 Å². The number of nitrogens with zero attached hydrogens (tertiary/aromatic N) is 3. The third-order valence-corrected chi connectivity index (χ3v) is 5.14. The number of likely N-dealkylation sites (tertiary alicyclic amines) is 1. The molecule has 6 heteroatoms. The molecule has 1 amide bonds. The van der Waals surface area contributed by atoms with E-state index in [1.165, 1.54) is 0 Å². The number of rotatable bonds is 7. The van der Waals surface area contributed by atoms with E-state index in [1.54, 1.807) is 7.11 Å². The molecule has 0 saturated carbocycles. The Morgan fingerprint density at radius 2 is 2.00 bits per heavy atom. The number of aromatic nitrogens is 2. The fourth-order valence-corrected chi connectivity index (χ4v) is 3.62. The Hall–Kier alpha value is -2.31. The van der Waals surface area contributed by atoms with Crippen molar-refractivity contribution in [3.8, 4) is 0 Å². The molecule has 1 saturated heterocycles. The lowest BCUT2D eigenvalue weighted by Crippen LogP contribution is -2.38. The van der Waals surface area contributed by atoms with E-state index in [0.717, 1.165) is 54.1 Å². The molecule has 0 aliphatic carbocycles. The molecule has 150 valence electrons. The third-order valence-electron chi connectivity index (χ3n) is 5.14. The minimum absolute atomic E-state index is 0.115. The van der Waals surface area contributed by atoms with Crippen LogP contribution in [-0.2, 0) is 16.1 Å². The van der Waals surface area contributed by atoms with Gasteiger partial charge in [-0.1, -0.05) is 17.7 Å². The number of hydrogen-bond donors (Lipinski definition) is 0. The highest BCUT2D eigenvalue weighted by atomic mass is 16.5. The lowest BCUT2D eigenvalue weighted by atomic mass is 9.90. The van der Waals surface area contributed by atoms with Crippen molar-refractivity contribution in [2.45, 2.75) is 39.2 Å². The van der Waals surface area contributed by atoms with Gasteiger partial charge in [0.25, 0.3) is 5.91 Å². The Balaban J connectivity index is 1.64. The number of hydrogen-bond acceptors (Lipinski definition) is 5. The van der Waals surface area contributed by atoms with Gasteiger partial charge in [-0.2, -0.15) is 0 Å².